The Kier molecular flexibility index (Phi) is 5.53. The van der Waals surface area contributed by atoms with Crippen molar-refractivity contribution in [3.63, 3.8) is 0 Å². The monoisotopic (exact) mass is 294 g/mol. The molecular formula is C14H18N2O5. The number of nitrogens with one attached hydrogen (secondary N) is 1. The van der Waals surface area contributed by atoms with Crippen molar-refractivity contribution in [2.75, 3.05) is 40.6 Å². The van der Waals surface area contributed by atoms with Crippen LogP contribution in [0, 0.1) is 0 Å². The van der Waals surface area contributed by atoms with E-state index in [4.69, 9.17) is 18.9 Å². The highest BCUT2D eigenvalue weighted by atomic mass is 16.5. The molecule has 0 aliphatic rings. The third kappa shape index (κ3) is 3.93. The topological polar surface area (TPSA) is 82.7 Å². The van der Waals surface area contributed by atoms with Gasteiger partial charge in [0.25, 0.3) is 0 Å². The fourth-order valence-electron chi connectivity index (χ4n) is 1.83. The van der Waals surface area contributed by atoms with Crippen molar-refractivity contribution in [2.24, 2.45) is 0 Å². The van der Waals surface area contributed by atoms with Gasteiger partial charge in [-0.1, -0.05) is 6.07 Å². The fourth-order valence-corrected chi connectivity index (χ4v) is 1.83. The van der Waals surface area contributed by atoms with Crippen molar-refractivity contribution in [2.45, 2.75) is 0 Å². The molecule has 114 valence electrons. The Morgan fingerprint density at radius 3 is 2.48 bits per heavy atom. The first kappa shape index (κ1) is 15.3. The third-order valence-corrected chi connectivity index (χ3v) is 2.76. The lowest BCUT2D eigenvalue weighted by molar-refractivity contribution is 0.142. The summed E-state index contributed by atoms with van der Waals surface area (Å²) in [5.41, 5.74) is 0.140. The molecule has 2 rings (SSSR count). The van der Waals surface area contributed by atoms with Crippen LogP contribution >= 0.6 is 0 Å². The minimum absolute atomic E-state index is 0.235. The molecule has 0 aliphatic carbocycles. The van der Waals surface area contributed by atoms with Crippen molar-refractivity contribution in [1.29, 1.82) is 0 Å². The Morgan fingerprint density at radius 1 is 1.05 bits per heavy atom. The quantitative estimate of drug-likeness (QED) is 0.731. The lowest BCUT2D eigenvalue weighted by Gasteiger charge is -2.12. The van der Waals surface area contributed by atoms with E-state index in [0.717, 1.165) is 0 Å². The number of hydrogen-bond donors (Lipinski definition) is 1. The van der Waals surface area contributed by atoms with Crippen molar-refractivity contribution < 1.29 is 18.9 Å². The first-order valence-corrected chi connectivity index (χ1v) is 6.52. The SMILES string of the molecule is COCCOc1cccc2[nH]c(=O)nc(OCCOC)c12. The summed E-state index contributed by atoms with van der Waals surface area (Å²) in [5.74, 6) is 0.819. The van der Waals surface area contributed by atoms with Gasteiger partial charge in [-0.05, 0) is 12.1 Å². The van der Waals surface area contributed by atoms with Crippen LogP contribution in [0.15, 0.2) is 23.0 Å². The van der Waals surface area contributed by atoms with Crippen LogP contribution in [-0.4, -0.2) is 50.6 Å². The number of H-pyrrole nitrogens is 1. The van der Waals surface area contributed by atoms with Crippen LogP contribution in [0.5, 0.6) is 11.6 Å². The largest absolute Gasteiger partial charge is 0.490 e. The molecule has 2 aromatic rings. The number of aromatic amines is 1. The Bertz CT molecular complexity index is 641. The summed E-state index contributed by atoms with van der Waals surface area (Å²) >= 11 is 0. The molecule has 1 aromatic carbocycles. The number of hydrogen-bond acceptors (Lipinski definition) is 6. The summed E-state index contributed by atoms with van der Waals surface area (Å²) < 4.78 is 21.1. The van der Waals surface area contributed by atoms with Gasteiger partial charge in [0.15, 0.2) is 0 Å². The molecule has 1 heterocycles. The Morgan fingerprint density at radius 2 is 1.76 bits per heavy atom. The van der Waals surface area contributed by atoms with Crippen LogP contribution < -0.4 is 15.2 Å². The van der Waals surface area contributed by atoms with Gasteiger partial charge in [-0.25, -0.2) is 4.79 Å². The summed E-state index contributed by atoms with van der Waals surface area (Å²) in [7, 11) is 3.18. The second-order valence-electron chi connectivity index (χ2n) is 4.21. The van der Waals surface area contributed by atoms with Crippen molar-refractivity contribution in [3.8, 4) is 11.6 Å². The molecular weight excluding hydrogens is 276 g/mol. The lowest BCUT2D eigenvalue weighted by Crippen LogP contribution is -2.15. The summed E-state index contributed by atoms with van der Waals surface area (Å²) in [6.45, 7) is 1.57. The number of aromatic nitrogens is 2. The van der Waals surface area contributed by atoms with Crippen LogP contribution in [0.25, 0.3) is 10.9 Å². The zero-order valence-electron chi connectivity index (χ0n) is 12.0. The van der Waals surface area contributed by atoms with Gasteiger partial charge in [-0.15, -0.1) is 0 Å². The average molecular weight is 294 g/mol. The number of methoxy groups -OCH3 is 2. The lowest BCUT2D eigenvalue weighted by atomic mass is 10.2. The number of nitrogens with zero attached hydrogens (tertiary/aromatic N) is 1. The molecule has 1 aromatic heterocycles. The standard InChI is InChI=1S/C14H18N2O5/c1-18-6-8-20-11-5-3-4-10-12(11)13(16-14(17)15-10)21-9-7-19-2/h3-5H,6-9H2,1-2H3,(H,15,16,17). The van der Waals surface area contributed by atoms with E-state index < -0.39 is 5.69 Å². The molecule has 7 nitrogen and oxygen atoms in total. The number of rotatable bonds is 8. The zero-order chi connectivity index (χ0) is 15.1. The summed E-state index contributed by atoms with van der Waals surface area (Å²) in [4.78, 5) is 18.1. The molecule has 0 bridgehead atoms. The Labute approximate surface area is 121 Å². The van der Waals surface area contributed by atoms with Gasteiger partial charge in [0, 0.05) is 14.2 Å². The van der Waals surface area contributed by atoms with E-state index >= 15 is 0 Å². The van der Waals surface area contributed by atoms with Gasteiger partial charge in [0.05, 0.1) is 18.7 Å². The number of fused-ring (bicyclic) bond motifs is 1. The number of ether oxygens (including phenoxy) is 4. The molecule has 7 heteroatoms. The van der Waals surface area contributed by atoms with Crippen molar-refractivity contribution in [3.05, 3.63) is 28.7 Å². The molecule has 0 radical (unpaired) electrons. The maximum absolute atomic E-state index is 11.6. The van der Waals surface area contributed by atoms with E-state index in [1.54, 1.807) is 32.4 Å². The highest BCUT2D eigenvalue weighted by Crippen LogP contribution is 2.30. The molecule has 0 aliphatic heterocycles. The molecule has 0 spiro atoms. The van der Waals surface area contributed by atoms with Crippen LogP contribution in [-0.2, 0) is 9.47 Å². The van der Waals surface area contributed by atoms with E-state index in [1.807, 2.05) is 0 Å². The van der Waals surface area contributed by atoms with Gasteiger partial charge in [0.1, 0.15) is 24.3 Å². The van der Waals surface area contributed by atoms with E-state index in [9.17, 15) is 4.79 Å². The summed E-state index contributed by atoms with van der Waals surface area (Å²) in [6, 6.07) is 5.35. The molecule has 0 atom stereocenters. The molecule has 0 saturated heterocycles. The van der Waals surface area contributed by atoms with Crippen LogP contribution in [0.3, 0.4) is 0 Å². The van der Waals surface area contributed by atoms with Crippen LogP contribution in [0.1, 0.15) is 0 Å². The van der Waals surface area contributed by atoms with Crippen LogP contribution in [0.4, 0.5) is 0 Å². The Hall–Kier alpha value is -2.12. The van der Waals surface area contributed by atoms with E-state index in [2.05, 4.69) is 9.97 Å². The van der Waals surface area contributed by atoms with Crippen LogP contribution in [0.2, 0.25) is 0 Å². The maximum Gasteiger partial charge on any atom is 0.348 e. The highest BCUT2D eigenvalue weighted by Gasteiger charge is 2.12. The molecule has 0 amide bonds. The first-order chi connectivity index (χ1) is 10.3. The van der Waals surface area contributed by atoms with Crippen molar-refractivity contribution >= 4 is 10.9 Å². The second kappa shape index (κ2) is 7.61. The zero-order valence-corrected chi connectivity index (χ0v) is 12.0. The van der Waals surface area contributed by atoms with Gasteiger partial charge in [-0.2, -0.15) is 4.98 Å². The van der Waals surface area contributed by atoms with E-state index in [0.29, 0.717) is 43.1 Å². The molecule has 0 fully saturated rings. The molecule has 21 heavy (non-hydrogen) atoms. The summed E-state index contributed by atoms with van der Waals surface area (Å²) in [6.07, 6.45) is 0. The average Bonchev–Trinajstić information content (AvgIpc) is 2.47. The Balaban J connectivity index is 2.36. The minimum Gasteiger partial charge on any atom is -0.490 e. The molecule has 0 saturated carbocycles. The first-order valence-electron chi connectivity index (χ1n) is 6.52. The van der Waals surface area contributed by atoms with Gasteiger partial charge in [-0.3, -0.25) is 0 Å². The third-order valence-electron chi connectivity index (χ3n) is 2.76. The molecule has 0 unspecified atom stereocenters. The van der Waals surface area contributed by atoms with E-state index in [1.165, 1.54) is 0 Å². The smallest absolute Gasteiger partial charge is 0.348 e. The maximum atomic E-state index is 11.6. The minimum atomic E-state index is -0.469. The van der Waals surface area contributed by atoms with Gasteiger partial charge < -0.3 is 23.9 Å². The predicted octanol–water partition coefficient (Wildman–Crippen LogP) is 0.973. The second-order valence-corrected chi connectivity index (χ2v) is 4.21. The van der Waals surface area contributed by atoms with Crippen molar-refractivity contribution in [1.82, 2.24) is 9.97 Å². The van der Waals surface area contributed by atoms with Gasteiger partial charge in [0.2, 0.25) is 5.88 Å². The normalized spacial score (nSPS) is 10.8. The number of benzene rings is 1. The predicted molar refractivity (Wildman–Crippen MR) is 77.1 cm³/mol. The van der Waals surface area contributed by atoms with Gasteiger partial charge >= 0.3 is 5.69 Å². The molecule has 1 N–H and O–H groups in total. The fraction of sp³-hybridized carbons (Fsp3) is 0.429. The van der Waals surface area contributed by atoms with E-state index in [-0.39, 0.29) is 5.88 Å². The summed E-state index contributed by atoms with van der Waals surface area (Å²) in [5, 5.41) is 0.629. The highest BCUT2D eigenvalue weighted by molar-refractivity contribution is 5.89.